The van der Waals surface area contributed by atoms with E-state index in [4.69, 9.17) is 0 Å². The average Bonchev–Trinajstić information content (AvgIpc) is 2.69. The Bertz CT molecular complexity index is 999. The van der Waals surface area contributed by atoms with Crippen LogP contribution in [0.1, 0.15) is 34.6 Å². The number of anilines is 1. The van der Waals surface area contributed by atoms with Gasteiger partial charge in [-0.15, -0.1) is 0 Å². The number of carbonyl (C=O) groups is 2. The van der Waals surface area contributed by atoms with Gasteiger partial charge in [0.05, 0.1) is 22.4 Å². The molecule has 1 aliphatic rings. The molecular formula is C23H23N3O2S. The molecule has 0 bridgehead atoms. The molecular weight excluding hydrogens is 382 g/mol. The monoisotopic (exact) mass is 405 g/mol. The summed E-state index contributed by atoms with van der Waals surface area (Å²) in [6.45, 7) is 5.88. The lowest BCUT2D eigenvalue weighted by atomic mass is 9.87. The molecule has 1 heterocycles. The van der Waals surface area contributed by atoms with Crippen LogP contribution in [0.15, 0.2) is 53.1 Å². The summed E-state index contributed by atoms with van der Waals surface area (Å²) in [7, 11) is 0. The molecule has 29 heavy (non-hydrogen) atoms. The van der Waals surface area contributed by atoms with E-state index in [1.165, 1.54) is 11.8 Å². The Kier molecular flexibility index (Phi) is 6.40. The van der Waals surface area contributed by atoms with Crippen molar-refractivity contribution in [3.05, 3.63) is 75.3 Å². The Morgan fingerprint density at radius 1 is 1.17 bits per heavy atom. The number of nitrogens with zero attached hydrogens (tertiary/aromatic N) is 1. The van der Waals surface area contributed by atoms with Gasteiger partial charge in [0.15, 0.2) is 0 Å². The standard InChI is InChI=1S/C23H23N3O2S/c1-14-7-9-17(10-8-14)18-11-20(27)26-23(19(18)12-24)29-13-21(28)25-22-15(2)5-4-6-16(22)3/h4-10,18H,11,13H2,1-3H3,(H,25,28)(H,26,27)/t18-/m0/s1. The van der Waals surface area contributed by atoms with E-state index in [9.17, 15) is 14.9 Å². The molecule has 1 aliphatic heterocycles. The van der Waals surface area contributed by atoms with Crippen LogP contribution in [0, 0.1) is 32.1 Å². The molecule has 2 N–H and O–H groups in total. The summed E-state index contributed by atoms with van der Waals surface area (Å²) in [5, 5.41) is 15.9. The molecule has 148 valence electrons. The maximum Gasteiger partial charge on any atom is 0.234 e. The zero-order valence-electron chi connectivity index (χ0n) is 16.7. The fourth-order valence-electron chi connectivity index (χ4n) is 3.34. The van der Waals surface area contributed by atoms with Gasteiger partial charge < -0.3 is 10.6 Å². The maximum atomic E-state index is 12.5. The van der Waals surface area contributed by atoms with Gasteiger partial charge in [-0.05, 0) is 37.5 Å². The van der Waals surface area contributed by atoms with Crippen LogP contribution in [-0.2, 0) is 9.59 Å². The van der Waals surface area contributed by atoms with E-state index in [0.29, 0.717) is 10.6 Å². The Morgan fingerprint density at radius 3 is 2.45 bits per heavy atom. The van der Waals surface area contributed by atoms with E-state index >= 15 is 0 Å². The molecule has 0 saturated heterocycles. The molecule has 0 fully saturated rings. The lowest BCUT2D eigenvalue weighted by Gasteiger charge is -2.25. The third-order valence-electron chi connectivity index (χ3n) is 4.93. The van der Waals surface area contributed by atoms with Crippen molar-refractivity contribution in [2.75, 3.05) is 11.1 Å². The van der Waals surface area contributed by atoms with Gasteiger partial charge >= 0.3 is 0 Å². The lowest BCUT2D eigenvalue weighted by molar-refractivity contribution is -0.121. The number of amides is 2. The van der Waals surface area contributed by atoms with Crippen LogP contribution in [0.4, 0.5) is 5.69 Å². The number of rotatable bonds is 5. The van der Waals surface area contributed by atoms with Gasteiger partial charge in [0.25, 0.3) is 0 Å². The van der Waals surface area contributed by atoms with Gasteiger partial charge in [-0.2, -0.15) is 5.26 Å². The first kappa shape index (κ1) is 20.7. The minimum Gasteiger partial charge on any atom is -0.325 e. The summed E-state index contributed by atoms with van der Waals surface area (Å²) in [5.74, 6) is -0.510. The van der Waals surface area contributed by atoms with Gasteiger partial charge in [-0.25, -0.2) is 0 Å². The van der Waals surface area contributed by atoms with Crippen molar-refractivity contribution in [2.45, 2.75) is 33.1 Å². The Hall–Kier alpha value is -3.04. The van der Waals surface area contributed by atoms with E-state index < -0.39 is 0 Å². The molecule has 0 aromatic heterocycles. The number of thioether (sulfide) groups is 1. The first-order valence-corrected chi connectivity index (χ1v) is 10.4. The van der Waals surface area contributed by atoms with Gasteiger partial charge in [0.1, 0.15) is 0 Å². The SMILES string of the molecule is Cc1ccc([C@@H]2CC(=O)NC(SCC(=O)Nc3c(C)cccc3C)=C2C#N)cc1. The molecule has 2 amide bonds. The van der Waals surface area contributed by atoms with Gasteiger partial charge in [-0.3, -0.25) is 9.59 Å². The Morgan fingerprint density at radius 2 is 1.83 bits per heavy atom. The predicted molar refractivity (Wildman–Crippen MR) is 116 cm³/mol. The van der Waals surface area contributed by atoms with E-state index in [2.05, 4.69) is 16.7 Å². The number of allylic oxidation sites excluding steroid dienone is 1. The zero-order chi connectivity index (χ0) is 21.0. The second-order valence-corrected chi connectivity index (χ2v) is 8.16. The summed E-state index contributed by atoms with van der Waals surface area (Å²) in [4.78, 5) is 24.7. The van der Waals surface area contributed by atoms with Crippen molar-refractivity contribution in [3.8, 4) is 6.07 Å². The molecule has 5 nitrogen and oxygen atoms in total. The predicted octanol–water partition coefficient (Wildman–Crippen LogP) is 4.32. The first-order chi connectivity index (χ1) is 13.9. The summed E-state index contributed by atoms with van der Waals surface area (Å²) in [5.41, 5.74) is 5.34. The summed E-state index contributed by atoms with van der Waals surface area (Å²) in [6, 6.07) is 15.9. The number of nitrogens with one attached hydrogen (secondary N) is 2. The molecule has 0 aliphatic carbocycles. The number of para-hydroxylation sites is 1. The van der Waals surface area contributed by atoms with Crippen LogP contribution < -0.4 is 10.6 Å². The molecule has 2 aromatic rings. The second-order valence-electron chi connectivity index (χ2n) is 7.17. The van der Waals surface area contributed by atoms with E-state index in [-0.39, 0.29) is 29.9 Å². The number of hydrogen-bond donors (Lipinski definition) is 2. The van der Waals surface area contributed by atoms with Crippen LogP contribution >= 0.6 is 11.8 Å². The highest BCUT2D eigenvalue weighted by molar-refractivity contribution is 8.03. The second kappa shape index (κ2) is 8.97. The molecule has 0 saturated carbocycles. The van der Waals surface area contributed by atoms with Gasteiger partial charge in [0.2, 0.25) is 11.8 Å². The van der Waals surface area contributed by atoms with Crippen LogP contribution in [-0.4, -0.2) is 17.6 Å². The van der Waals surface area contributed by atoms with Gasteiger partial charge in [-0.1, -0.05) is 59.8 Å². The van der Waals surface area contributed by atoms with Crippen molar-refractivity contribution >= 4 is 29.3 Å². The first-order valence-electron chi connectivity index (χ1n) is 9.38. The molecule has 6 heteroatoms. The summed E-state index contributed by atoms with van der Waals surface area (Å²) in [6.07, 6.45) is 0.227. The normalized spacial score (nSPS) is 16.2. The average molecular weight is 406 g/mol. The van der Waals surface area contributed by atoms with Crippen molar-refractivity contribution in [3.63, 3.8) is 0 Å². The molecule has 3 rings (SSSR count). The largest absolute Gasteiger partial charge is 0.325 e. The quantitative estimate of drug-likeness (QED) is 0.776. The maximum absolute atomic E-state index is 12.5. The van der Waals surface area contributed by atoms with Crippen molar-refractivity contribution < 1.29 is 9.59 Å². The van der Waals surface area contributed by atoms with Crippen molar-refractivity contribution in [1.29, 1.82) is 5.26 Å². The fourth-order valence-corrected chi connectivity index (χ4v) is 4.22. The molecule has 0 spiro atoms. The highest BCUT2D eigenvalue weighted by atomic mass is 32.2. The van der Waals surface area contributed by atoms with Gasteiger partial charge in [0, 0.05) is 18.0 Å². The molecule has 1 atom stereocenters. The van der Waals surface area contributed by atoms with E-state index in [1.807, 2.05) is 63.2 Å². The summed E-state index contributed by atoms with van der Waals surface area (Å²) >= 11 is 1.19. The Balaban J connectivity index is 1.77. The van der Waals surface area contributed by atoms with Crippen LogP contribution in [0.2, 0.25) is 0 Å². The van der Waals surface area contributed by atoms with Crippen LogP contribution in [0.5, 0.6) is 0 Å². The van der Waals surface area contributed by atoms with Crippen molar-refractivity contribution in [2.24, 2.45) is 0 Å². The smallest absolute Gasteiger partial charge is 0.234 e. The number of hydrogen-bond acceptors (Lipinski definition) is 4. The zero-order valence-corrected chi connectivity index (χ0v) is 17.5. The Labute approximate surface area is 175 Å². The third kappa shape index (κ3) is 4.87. The van der Waals surface area contributed by atoms with Crippen LogP contribution in [0.3, 0.4) is 0 Å². The highest BCUT2D eigenvalue weighted by Gasteiger charge is 2.29. The van der Waals surface area contributed by atoms with Crippen LogP contribution in [0.25, 0.3) is 0 Å². The van der Waals surface area contributed by atoms with Crippen molar-refractivity contribution in [1.82, 2.24) is 5.32 Å². The highest BCUT2D eigenvalue weighted by Crippen LogP contribution is 2.36. The van der Waals surface area contributed by atoms with E-state index in [1.54, 1.807) is 0 Å². The number of carbonyl (C=O) groups excluding carboxylic acids is 2. The molecule has 0 radical (unpaired) electrons. The lowest BCUT2D eigenvalue weighted by Crippen LogP contribution is -2.31. The topological polar surface area (TPSA) is 82.0 Å². The van der Waals surface area contributed by atoms with E-state index in [0.717, 1.165) is 27.9 Å². The number of benzene rings is 2. The fraction of sp³-hybridized carbons (Fsp3) is 0.261. The molecule has 2 aromatic carbocycles. The number of nitriles is 1. The molecule has 0 unspecified atom stereocenters. The third-order valence-corrected chi connectivity index (χ3v) is 5.95. The minimum absolute atomic E-state index is 0.106. The number of aryl methyl sites for hydroxylation is 3. The minimum atomic E-state index is -0.293. The summed E-state index contributed by atoms with van der Waals surface area (Å²) < 4.78 is 0.